The minimum absolute atomic E-state index is 0.00288. The lowest BCUT2D eigenvalue weighted by molar-refractivity contribution is -0.141. The fourth-order valence-electron chi connectivity index (χ4n) is 2.78. The number of rotatable bonds is 9. The van der Waals surface area contributed by atoms with Crippen molar-refractivity contribution in [1.29, 1.82) is 0 Å². The van der Waals surface area contributed by atoms with Gasteiger partial charge in [0.15, 0.2) is 5.78 Å². The molecule has 8 heteroatoms. The molecule has 2 aromatic carbocycles. The van der Waals surface area contributed by atoms with Crippen LogP contribution >= 0.6 is 12.6 Å². The van der Waals surface area contributed by atoms with E-state index in [9.17, 15) is 19.5 Å². The fraction of sp³-hybridized carbons (Fsp3) is 0.318. The highest BCUT2D eigenvalue weighted by atomic mass is 32.1. The molecule has 0 saturated heterocycles. The number of amides is 1. The Bertz CT molecular complexity index is 866. The summed E-state index contributed by atoms with van der Waals surface area (Å²) >= 11 is 3.86. The van der Waals surface area contributed by atoms with Crippen LogP contribution in [-0.4, -0.2) is 35.3 Å². The van der Waals surface area contributed by atoms with E-state index >= 15 is 0 Å². The highest BCUT2D eigenvalue weighted by Crippen LogP contribution is 2.30. The maximum atomic E-state index is 12.5. The van der Waals surface area contributed by atoms with Gasteiger partial charge in [-0.2, -0.15) is 12.6 Å². The van der Waals surface area contributed by atoms with Crippen LogP contribution in [0.1, 0.15) is 42.3 Å². The molecule has 0 saturated carbocycles. The lowest BCUT2D eigenvalue weighted by Crippen LogP contribution is -2.23. The molecule has 0 heterocycles. The normalized spacial score (nSPS) is 12.5. The molecule has 0 aromatic heterocycles. The van der Waals surface area contributed by atoms with Crippen LogP contribution in [0.3, 0.4) is 0 Å². The monoisotopic (exact) mass is 431 g/mol. The first-order valence-electron chi connectivity index (χ1n) is 9.44. The second-order valence-electron chi connectivity index (χ2n) is 6.82. The number of thiol groups is 1. The van der Waals surface area contributed by atoms with Gasteiger partial charge in [-0.25, -0.2) is 4.79 Å². The van der Waals surface area contributed by atoms with Crippen molar-refractivity contribution in [2.45, 2.75) is 26.4 Å². The summed E-state index contributed by atoms with van der Waals surface area (Å²) in [6.07, 6.45) is -0.828. The molecule has 2 N–H and O–H groups in total. The van der Waals surface area contributed by atoms with Crippen LogP contribution in [0.4, 0.5) is 10.5 Å². The first kappa shape index (κ1) is 23.3. The highest BCUT2D eigenvalue weighted by Gasteiger charge is 2.24. The summed E-state index contributed by atoms with van der Waals surface area (Å²) < 4.78 is 10.7. The van der Waals surface area contributed by atoms with E-state index in [1.54, 1.807) is 36.4 Å². The molecule has 0 unspecified atom stereocenters. The molecule has 30 heavy (non-hydrogen) atoms. The number of benzene rings is 2. The Morgan fingerprint density at radius 2 is 1.70 bits per heavy atom. The molecule has 0 bridgehead atoms. The smallest absolute Gasteiger partial charge is 0.412 e. The number of hydrogen-bond acceptors (Lipinski definition) is 7. The number of ketones is 1. The summed E-state index contributed by atoms with van der Waals surface area (Å²) in [4.78, 5) is 35.1. The van der Waals surface area contributed by atoms with Crippen LogP contribution in [0.5, 0.6) is 5.75 Å². The molecule has 0 fully saturated rings. The van der Waals surface area contributed by atoms with Crippen LogP contribution in [0.2, 0.25) is 0 Å². The second kappa shape index (κ2) is 11.3. The Balaban J connectivity index is 2.07. The number of anilines is 1. The number of esters is 1. The maximum Gasteiger partial charge on any atom is 0.412 e. The topological polar surface area (TPSA) is 102 Å². The summed E-state index contributed by atoms with van der Waals surface area (Å²) in [5.74, 6) is -0.559. The van der Waals surface area contributed by atoms with E-state index in [0.717, 1.165) is 0 Å². The fourth-order valence-corrected chi connectivity index (χ4v) is 2.87. The Morgan fingerprint density at radius 3 is 2.27 bits per heavy atom. The van der Waals surface area contributed by atoms with Crippen LogP contribution in [-0.2, 0) is 14.3 Å². The largest absolute Gasteiger partial charge is 0.508 e. The number of aromatic hydroxyl groups is 1. The van der Waals surface area contributed by atoms with E-state index in [4.69, 9.17) is 9.47 Å². The minimum atomic E-state index is -0.664. The summed E-state index contributed by atoms with van der Waals surface area (Å²) in [5, 5.41) is 12.2. The van der Waals surface area contributed by atoms with E-state index in [0.29, 0.717) is 23.2 Å². The van der Waals surface area contributed by atoms with E-state index in [-0.39, 0.29) is 29.8 Å². The average molecular weight is 432 g/mol. The predicted molar refractivity (Wildman–Crippen MR) is 116 cm³/mol. The Kier molecular flexibility index (Phi) is 8.73. The van der Waals surface area contributed by atoms with E-state index in [1.165, 1.54) is 19.1 Å². The Hall–Kier alpha value is -3.00. The van der Waals surface area contributed by atoms with Gasteiger partial charge in [0.25, 0.3) is 0 Å². The third-order valence-electron chi connectivity index (χ3n) is 4.48. The van der Waals surface area contributed by atoms with Crippen molar-refractivity contribution in [3.05, 3.63) is 59.7 Å². The molecule has 0 aliphatic carbocycles. The summed E-state index contributed by atoms with van der Waals surface area (Å²) in [5.41, 5.74) is 1.73. The van der Waals surface area contributed by atoms with Gasteiger partial charge in [-0.05, 0) is 55.3 Å². The molecule has 1 amide bonds. The minimum Gasteiger partial charge on any atom is -0.508 e. The standard InChI is InChI=1S/C22H25NO6S/c1-14(11-12-28-20(26)13-30)21(17-5-9-19(25)10-6-17)29-22(27)23-18-7-3-16(4-8-18)15(2)24/h3-10,14,21,25,30H,11-13H2,1-2H3,(H,23,27)/t14-,21-/m1/s1. The molecule has 0 radical (unpaired) electrons. The zero-order chi connectivity index (χ0) is 22.1. The molecule has 0 aliphatic heterocycles. The van der Waals surface area contributed by atoms with Crippen molar-refractivity contribution in [2.24, 2.45) is 5.92 Å². The van der Waals surface area contributed by atoms with Gasteiger partial charge < -0.3 is 14.6 Å². The Labute approximate surface area is 180 Å². The van der Waals surface area contributed by atoms with E-state index in [2.05, 4.69) is 17.9 Å². The van der Waals surface area contributed by atoms with Crippen LogP contribution in [0.25, 0.3) is 0 Å². The van der Waals surface area contributed by atoms with E-state index < -0.39 is 18.2 Å². The molecule has 2 rings (SSSR count). The number of phenols is 1. The van der Waals surface area contributed by atoms with Gasteiger partial charge in [0.05, 0.1) is 12.4 Å². The van der Waals surface area contributed by atoms with Gasteiger partial charge in [0, 0.05) is 17.2 Å². The molecule has 0 spiro atoms. The van der Waals surface area contributed by atoms with Gasteiger partial charge in [-0.1, -0.05) is 19.1 Å². The first-order valence-corrected chi connectivity index (χ1v) is 10.1. The van der Waals surface area contributed by atoms with Crippen LogP contribution in [0.15, 0.2) is 48.5 Å². The number of hydrogen-bond donors (Lipinski definition) is 3. The number of ether oxygens (including phenoxy) is 2. The molecule has 7 nitrogen and oxygen atoms in total. The SMILES string of the molecule is CC(=O)c1ccc(NC(=O)O[C@@H](c2ccc(O)cc2)[C@H](C)CCOC(=O)CS)cc1. The molecule has 2 atom stereocenters. The lowest BCUT2D eigenvalue weighted by Gasteiger charge is -2.25. The van der Waals surface area contributed by atoms with Crippen LogP contribution < -0.4 is 5.32 Å². The molecular formula is C22H25NO6S. The van der Waals surface area contributed by atoms with Gasteiger partial charge in [-0.3, -0.25) is 14.9 Å². The summed E-state index contributed by atoms with van der Waals surface area (Å²) in [6, 6.07) is 12.8. The zero-order valence-electron chi connectivity index (χ0n) is 16.8. The van der Waals surface area contributed by atoms with Crippen molar-refractivity contribution < 1.29 is 29.0 Å². The summed E-state index contributed by atoms with van der Waals surface area (Å²) in [7, 11) is 0. The van der Waals surface area contributed by atoms with Crippen molar-refractivity contribution >= 4 is 36.2 Å². The molecular weight excluding hydrogens is 406 g/mol. The quantitative estimate of drug-likeness (QED) is 0.309. The molecule has 160 valence electrons. The second-order valence-corrected chi connectivity index (χ2v) is 7.14. The van der Waals surface area contributed by atoms with E-state index in [1.807, 2.05) is 6.92 Å². The van der Waals surface area contributed by atoms with Gasteiger partial charge in [-0.15, -0.1) is 0 Å². The highest BCUT2D eigenvalue weighted by molar-refractivity contribution is 7.81. The zero-order valence-corrected chi connectivity index (χ0v) is 17.7. The maximum absolute atomic E-state index is 12.5. The molecule has 0 aliphatic rings. The number of carbonyl (C=O) groups excluding carboxylic acids is 3. The lowest BCUT2D eigenvalue weighted by atomic mass is 9.94. The molecule has 2 aromatic rings. The van der Waals surface area contributed by atoms with Crippen molar-refractivity contribution in [1.82, 2.24) is 0 Å². The average Bonchev–Trinajstić information content (AvgIpc) is 2.73. The Morgan fingerprint density at radius 1 is 1.07 bits per heavy atom. The van der Waals surface area contributed by atoms with Gasteiger partial charge in [0.1, 0.15) is 11.9 Å². The van der Waals surface area contributed by atoms with Crippen molar-refractivity contribution in [3.63, 3.8) is 0 Å². The third-order valence-corrected chi connectivity index (χ3v) is 4.73. The van der Waals surface area contributed by atoms with Gasteiger partial charge >= 0.3 is 12.1 Å². The van der Waals surface area contributed by atoms with Gasteiger partial charge in [0.2, 0.25) is 0 Å². The van der Waals surface area contributed by atoms with Crippen molar-refractivity contribution in [3.8, 4) is 5.75 Å². The first-order chi connectivity index (χ1) is 14.3. The van der Waals surface area contributed by atoms with Crippen LogP contribution in [0, 0.1) is 5.92 Å². The number of phenolic OH excluding ortho intramolecular Hbond substituents is 1. The number of nitrogens with one attached hydrogen (secondary N) is 1. The summed E-state index contributed by atoms with van der Waals surface area (Å²) in [6.45, 7) is 3.52. The number of Topliss-reactive ketones (excluding diaryl/α,β-unsaturated/α-hetero) is 1. The number of carbonyl (C=O) groups is 3. The third kappa shape index (κ3) is 7.11. The van der Waals surface area contributed by atoms with Crippen molar-refractivity contribution in [2.75, 3.05) is 17.7 Å². The predicted octanol–water partition coefficient (Wildman–Crippen LogP) is 4.38.